The van der Waals surface area contributed by atoms with Gasteiger partial charge in [0.15, 0.2) is 5.96 Å². The summed E-state index contributed by atoms with van der Waals surface area (Å²) in [5.41, 5.74) is 0. The second-order valence-corrected chi connectivity index (χ2v) is 8.49. The van der Waals surface area contributed by atoms with Gasteiger partial charge < -0.3 is 19.4 Å². The molecule has 2 bridgehead atoms. The molecule has 0 aliphatic carbocycles. The first-order valence-corrected chi connectivity index (χ1v) is 10.8. The molecule has 6 nitrogen and oxygen atoms in total. The molecule has 6 heteroatoms. The van der Waals surface area contributed by atoms with E-state index in [2.05, 4.69) is 28.1 Å². The maximum Gasteiger partial charge on any atom is 0.194 e. The van der Waals surface area contributed by atoms with Crippen molar-refractivity contribution >= 4 is 5.96 Å². The Morgan fingerprint density at radius 3 is 2.59 bits per heavy atom. The van der Waals surface area contributed by atoms with Gasteiger partial charge in [0.05, 0.1) is 31.1 Å². The molecule has 5 rings (SSSR count). The SMILES string of the molecule is CCNC(=NCC(c1ccco1)N1CCCC1)N1CC2C3CCC(O3)C2C1. The van der Waals surface area contributed by atoms with Gasteiger partial charge in [-0.05, 0) is 57.8 Å². The lowest BCUT2D eigenvalue weighted by Gasteiger charge is -2.27. The molecule has 5 unspecified atom stereocenters. The standard InChI is InChI=1S/C21H32N4O2/c1-2-22-21(25-13-15-16(14-25)19-8-7-18(15)27-19)23-12-17(20-6-5-11-26-20)24-9-3-4-10-24/h5-6,11,15-19H,2-4,7-10,12-14H2,1H3,(H,22,23). The number of fused-ring (bicyclic) bond motifs is 5. The summed E-state index contributed by atoms with van der Waals surface area (Å²) >= 11 is 0. The van der Waals surface area contributed by atoms with Crippen molar-refractivity contribution in [1.82, 2.24) is 15.1 Å². The summed E-state index contributed by atoms with van der Waals surface area (Å²) in [4.78, 5) is 10.1. The second-order valence-electron chi connectivity index (χ2n) is 8.49. The van der Waals surface area contributed by atoms with Gasteiger partial charge in [-0.3, -0.25) is 9.89 Å². The molecule has 4 aliphatic rings. The molecular formula is C21H32N4O2. The van der Waals surface area contributed by atoms with Crippen molar-refractivity contribution in [2.45, 2.75) is 50.9 Å². The molecule has 4 aliphatic heterocycles. The minimum absolute atomic E-state index is 0.248. The molecule has 5 atom stereocenters. The smallest absolute Gasteiger partial charge is 0.194 e. The van der Waals surface area contributed by atoms with Gasteiger partial charge in [-0.15, -0.1) is 0 Å². The Hall–Kier alpha value is -1.53. The monoisotopic (exact) mass is 372 g/mol. The number of guanidine groups is 1. The van der Waals surface area contributed by atoms with Crippen LogP contribution in [0.3, 0.4) is 0 Å². The Balaban J connectivity index is 1.31. The Kier molecular flexibility index (Phi) is 4.86. The molecule has 1 aromatic rings. The van der Waals surface area contributed by atoms with Crippen molar-refractivity contribution in [1.29, 1.82) is 0 Å². The predicted octanol–water partition coefficient (Wildman–Crippen LogP) is 2.49. The number of hydrogen-bond donors (Lipinski definition) is 1. The molecule has 0 amide bonds. The molecule has 4 saturated heterocycles. The van der Waals surface area contributed by atoms with E-state index in [1.807, 2.05) is 6.07 Å². The summed E-state index contributed by atoms with van der Waals surface area (Å²) < 4.78 is 11.9. The predicted molar refractivity (Wildman–Crippen MR) is 105 cm³/mol. The molecule has 0 aromatic carbocycles. The summed E-state index contributed by atoms with van der Waals surface area (Å²) in [6.07, 6.45) is 7.83. The maximum absolute atomic E-state index is 6.14. The zero-order valence-corrected chi connectivity index (χ0v) is 16.3. The highest BCUT2D eigenvalue weighted by Gasteiger charge is 2.53. The molecule has 0 radical (unpaired) electrons. The topological polar surface area (TPSA) is 53.2 Å². The summed E-state index contributed by atoms with van der Waals surface area (Å²) in [5.74, 6) is 3.52. The first kappa shape index (κ1) is 17.6. The third-order valence-corrected chi connectivity index (χ3v) is 6.95. The second kappa shape index (κ2) is 7.47. The first-order chi connectivity index (χ1) is 13.3. The quantitative estimate of drug-likeness (QED) is 0.636. The first-order valence-electron chi connectivity index (χ1n) is 10.8. The molecule has 4 fully saturated rings. The molecule has 27 heavy (non-hydrogen) atoms. The molecular weight excluding hydrogens is 340 g/mol. The van der Waals surface area contributed by atoms with Crippen molar-refractivity contribution in [3.63, 3.8) is 0 Å². The fourth-order valence-electron chi connectivity index (χ4n) is 5.65. The van der Waals surface area contributed by atoms with Crippen LogP contribution in [0.15, 0.2) is 27.8 Å². The highest BCUT2D eigenvalue weighted by Crippen LogP contribution is 2.47. The maximum atomic E-state index is 6.14. The summed E-state index contributed by atoms with van der Waals surface area (Å²) in [5, 5.41) is 3.54. The van der Waals surface area contributed by atoms with Gasteiger partial charge >= 0.3 is 0 Å². The number of ether oxygens (including phenoxy) is 1. The molecule has 5 heterocycles. The highest BCUT2D eigenvalue weighted by molar-refractivity contribution is 5.80. The van der Waals surface area contributed by atoms with E-state index in [1.165, 1.54) is 25.7 Å². The van der Waals surface area contributed by atoms with Crippen molar-refractivity contribution in [3.8, 4) is 0 Å². The van der Waals surface area contributed by atoms with Gasteiger partial charge in [0.1, 0.15) is 5.76 Å². The van der Waals surface area contributed by atoms with E-state index in [4.69, 9.17) is 14.1 Å². The molecule has 1 aromatic heterocycles. The summed E-state index contributed by atoms with van der Waals surface area (Å²) in [6, 6.07) is 4.34. The van der Waals surface area contributed by atoms with E-state index in [-0.39, 0.29) is 6.04 Å². The van der Waals surface area contributed by atoms with E-state index >= 15 is 0 Å². The van der Waals surface area contributed by atoms with Crippen LogP contribution in [-0.2, 0) is 4.74 Å². The Bertz CT molecular complexity index is 637. The van der Waals surface area contributed by atoms with Crippen LogP contribution in [0.5, 0.6) is 0 Å². The average molecular weight is 373 g/mol. The van der Waals surface area contributed by atoms with E-state index in [9.17, 15) is 0 Å². The van der Waals surface area contributed by atoms with Crippen molar-refractivity contribution in [2.24, 2.45) is 16.8 Å². The normalized spacial score (nSPS) is 34.4. The van der Waals surface area contributed by atoms with Gasteiger partial charge in [0.2, 0.25) is 0 Å². The van der Waals surface area contributed by atoms with E-state index in [1.54, 1.807) is 6.26 Å². The van der Waals surface area contributed by atoms with Crippen LogP contribution in [0.2, 0.25) is 0 Å². The Labute approximate surface area is 161 Å². The lowest BCUT2D eigenvalue weighted by atomic mass is 9.82. The lowest BCUT2D eigenvalue weighted by Crippen LogP contribution is -2.42. The number of nitrogens with one attached hydrogen (secondary N) is 1. The average Bonchev–Trinajstić information content (AvgIpc) is 3.50. The Morgan fingerprint density at radius 2 is 1.96 bits per heavy atom. The molecule has 1 N–H and O–H groups in total. The third kappa shape index (κ3) is 3.27. The van der Waals surface area contributed by atoms with Crippen LogP contribution in [0.4, 0.5) is 0 Å². The number of furan rings is 1. The van der Waals surface area contributed by atoms with Crippen LogP contribution in [0, 0.1) is 11.8 Å². The number of hydrogen-bond acceptors (Lipinski definition) is 4. The molecule has 148 valence electrons. The van der Waals surface area contributed by atoms with Crippen LogP contribution in [0.1, 0.15) is 44.4 Å². The minimum Gasteiger partial charge on any atom is -0.468 e. The fraction of sp³-hybridized carbons (Fsp3) is 0.762. The Morgan fingerprint density at radius 1 is 1.22 bits per heavy atom. The van der Waals surface area contributed by atoms with Crippen LogP contribution in [-0.4, -0.2) is 67.2 Å². The van der Waals surface area contributed by atoms with E-state index < -0.39 is 0 Å². The van der Waals surface area contributed by atoms with E-state index in [0.29, 0.717) is 24.0 Å². The fourth-order valence-corrected chi connectivity index (χ4v) is 5.65. The zero-order valence-electron chi connectivity index (χ0n) is 16.3. The van der Waals surface area contributed by atoms with Crippen molar-refractivity contribution < 1.29 is 9.15 Å². The van der Waals surface area contributed by atoms with Crippen molar-refractivity contribution in [3.05, 3.63) is 24.2 Å². The molecule has 0 saturated carbocycles. The van der Waals surface area contributed by atoms with Crippen LogP contribution >= 0.6 is 0 Å². The van der Waals surface area contributed by atoms with Gasteiger partial charge in [0.25, 0.3) is 0 Å². The van der Waals surface area contributed by atoms with E-state index in [0.717, 1.165) is 51.0 Å². The number of likely N-dealkylation sites (tertiary alicyclic amines) is 2. The van der Waals surface area contributed by atoms with Gasteiger partial charge in [-0.1, -0.05) is 0 Å². The van der Waals surface area contributed by atoms with Crippen LogP contribution in [0.25, 0.3) is 0 Å². The van der Waals surface area contributed by atoms with Gasteiger partial charge in [0, 0.05) is 31.5 Å². The van der Waals surface area contributed by atoms with Gasteiger partial charge in [-0.25, -0.2) is 0 Å². The third-order valence-electron chi connectivity index (χ3n) is 6.95. The number of rotatable bonds is 5. The minimum atomic E-state index is 0.248. The number of nitrogens with zero attached hydrogens (tertiary/aromatic N) is 3. The van der Waals surface area contributed by atoms with Crippen LogP contribution < -0.4 is 5.32 Å². The number of aliphatic imine (C=N–C) groups is 1. The highest BCUT2D eigenvalue weighted by atomic mass is 16.5. The molecule has 0 spiro atoms. The summed E-state index contributed by atoms with van der Waals surface area (Å²) in [7, 11) is 0. The zero-order chi connectivity index (χ0) is 18.2. The van der Waals surface area contributed by atoms with Crippen molar-refractivity contribution in [2.75, 3.05) is 39.3 Å². The van der Waals surface area contributed by atoms with Gasteiger partial charge in [-0.2, -0.15) is 0 Å². The summed E-state index contributed by atoms with van der Waals surface area (Å²) in [6.45, 7) is 8.29. The largest absolute Gasteiger partial charge is 0.468 e. The lowest BCUT2D eigenvalue weighted by molar-refractivity contribution is 0.0767.